The molecule has 62 heavy (non-hydrogen) atoms. The third-order valence-corrected chi connectivity index (χ3v) is 14.1. The molecule has 6 heteroatoms. The highest BCUT2D eigenvalue weighted by Crippen LogP contribution is 2.46. The second kappa shape index (κ2) is 12.7. The molecule has 6 aromatic heterocycles. The average molecular weight is 808 g/mol. The summed E-state index contributed by atoms with van der Waals surface area (Å²) in [5, 5.41) is 12.4. The van der Waals surface area contributed by atoms with E-state index in [1.165, 1.54) is 90.8 Å². The van der Waals surface area contributed by atoms with Crippen molar-refractivity contribution in [2.75, 3.05) is 0 Å². The Morgan fingerprint density at radius 3 is 1.92 bits per heavy atom. The number of para-hydroxylation sites is 2. The van der Waals surface area contributed by atoms with Crippen molar-refractivity contribution in [3.05, 3.63) is 201 Å². The first-order valence-corrected chi connectivity index (χ1v) is 21.8. The van der Waals surface area contributed by atoms with E-state index in [0.717, 1.165) is 33.8 Å². The van der Waals surface area contributed by atoms with Crippen molar-refractivity contribution in [3.63, 3.8) is 0 Å². The van der Waals surface area contributed by atoms with Crippen molar-refractivity contribution < 1.29 is 0 Å². The number of pyridine rings is 2. The van der Waals surface area contributed by atoms with E-state index in [1.807, 2.05) is 36.0 Å². The molecule has 0 bridgehead atoms. The fourth-order valence-electron chi connectivity index (χ4n) is 10.2. The Morgan fingerprint density at radius 1 is 0.371 bits per heavy atom. The summed E-state index contributed by atoms with van der Waals surface area (Å²) in [5.41, 5.74) is 12.5. The monoisotopic (exact) mass is 807 g/mol. The number of nitrogens with zero attached hydrogens (tertiary/aromatic N) is 5. The van der Waals surface area contributed by atoms with Crippen LogP contribution in [0.1, 0.15) is 0 Å². The molecule has 0 radical (unpaired) electrons. The van der Waals surface area contributed by atoms with Crippen LogP contribution < -0.4 is 0 Å². The quantitative estimate of drug-likeness (QED) is 0.178. The Kier molecular flexibility index (Phi) is 6.92. The van der Waals surface area contributed by atoms with E-state index in [-0.39, 0.29) is 0 Å². The summed E-state index contributed by atoms with van der Waals surface area (Å²) in [7, 11) is 0. The van der Waals surface area contributed by atoms with Gasteiger partial charge < -0.3 is 13.7 Å². The van der Waals surface area contributed by atoms with Gasteiger partial charge in [0, 0.05) is 82.8 Å². The van der Waals surface area contributed by atoms with Crippen molar-refractivity contribution in [2.24, 2.45) is 0 Å². The summed E-state index contributed by atoms with van der Waals surface area (Å²) >= 11 is 1.89. The van der Waals surface area contributed by atoms with Crippen LogP contribution in [0.25, 0.3) is 125 Å². The first-order chi connectivity index (χ1) is 30.7. The minimum absolute atomic E-state index is 0.966. The standard InChI is InChI=1S/C56H33N5S/c1-2-11-35-28-39(21-19-34(35)10-1)60-51-29-36(48-16-7-8-26-58-48)20-22-42(51)46-31-47-45-24-23-44-41-15-4-6-18-50(41)61(55(44)56(45)62-54(47)32-52(46)60)38-13-9-12-37(30-38)59-49-17-5-3-14-40(49)43-25-27-57-33-53(43)59/h1-33H. The average Bonchev–Trinajstić information content (AvgIpc) is 4.07. The Hall–Kier alpha value is -8.06. The normalized spacial score (nSPS) is 12.2. The number of hydrogen-bond donors (Lipinski definition) is 0. The maximum atomic E-state index is 4.72. The van der Waals surface area contributed by atoms with Crippen LogP contribution in [-0.4, -0.2) is 23.7 Å². The molecule has 0 saturated heterocycles. The van der Waals surface area contributed by atoms with E-state index in [4.69, 9.17) is 4.98 Å². The third-order valence-electron chi connectivity index (χ3n) is 12.9. The summed E-state index contributed by atoms with van der Waals surface area (Å²) in [6.45, 7) is 0. The highest BCUT2D eigenvalue weighted by molar-refractivity contribution is 7.26. The molecule has 0 fully saturated rings. The van der Waals surface area contributed by atoms with Crippen LogP contribution in [0.5, 0.6) is 0 Å². The maximum Gasteiger partial charge on any atom is 0.0724 e. The molecule has 8 aromatic carbocycles. The molecule has 288 valence electrons. The van der Waals surface area contributed by atoms with Crippen molar-refractivity contribution >= 4 is 108 Å². The molecule has 0 atom stereocenters. The summed E-state index contributed by atoms with van der Waals surface area (Å²) in [6, 6.07) is 66.5. The first kappa shape index (κ1) is 33.7. The summed E-state index contributed by atoms with van der Waals surface area (Å²) in [6.07, 6.45) is 5.74. The zero-order valence-electron chi connectivity index (χ0n) is 33.2. The Labute approximate surface area is 358 Å². The Morgan fingerprint density at radius 2 is 1.05 bits per heavy atom. The topological polar surface area (TPSA) is 40.6 Å². The molecule has 0 N–H and O–H groups in total. The number of benzene rings is 8. The Balaban J connectivity index is 1.04. The fraction of sp³-hybridized carbons (Fsp3) is 0. The molecule has 0 aliphatic rings. The van der Waals surface area contributed by atoms with Crippen LogP contribution >= 0.6 is 11.3 Å². The van der Waals surface area contributed by atoms with Crippen LogP contribution in [0.15, 0.2) is 201 Å². The van der Waals surface area contributed by atoms with Gasteiger partial charge in [0.15, 0.2) is 0 Å². The van der Waals surface area contributed by atoms with Crippen molar-refractivity contribution in [1.29, 1.82) is 0 Å². The lowest BCUT2D eigenvalue weighted by Gasteiger charge is -2.13. The molecule has 6 heterocycles. The van der Waals surface area contributed by atoms with E-state index < -0.39 is 0 Å². The van der Waals surface area contributed by atoms with Gasteiger partial charge in [-0.05, 0) is 89.6 Å². The van der Waals surface area contributed by atoms with Gasteiger partial charge in [0.05, 0.1) is 49.7 Å². The van der Waals surface area contributed by atoms with Gasteiger partial charge in [-0.2, -0.15) is 0 Å². The lowest BCUT2D eigenvalue weighted by molar-refractivity contribution is 1.13. The smallest absolute Gasteiger partial charge is 0.0724 e. The summed E-state index contributed by atoms with van der Waals surface area (Å²) in [5.74, 6) is 0. The van der Waals surface area contributed by atoms with Crippen molar-refractivity contribution in [2.45, 2.75) is 0 Å². The fourth-order valence-corrected chi connectivity index (χ4v) is 11.5. The molecule has 5 nitrogen and oxygen atoms in total. The molecule has 0 aliphatic carbocycles. The molecule has 14 rings (SSSR count). The van der Waals surface area contributed by atoms with Gasteiger partial charge in [-0.25, -0.2) is 0 Å². The largest absolute Gasteiger partial charge is 0.309 e. The van der Waals surface area contributed by atoms with E-state index in [1.54, 1.807) is 0 Å². The SMILES string of the molecule is c1ccc(-c2ccc3c4cc5c(cc4n(-c4ccc6ccccc6c4)c3c2)sc2c5ccc3c4ccccc4n(-c4cccc(-n5c6ccccc6c6ccncc65)c4)c32)nc1. The summed E-state index contributed by atoms with van der Waals surface area (Å²) in [4.78, 5) is 9.28. The Bertz CT molecular complexity index is 4110. The second-order valence-corrected chi connectivity index (χ2v) is 17.3. The van der Waals surface area contributed by atoms with Crippen molar-refractivity contribution in [3.8, 4) is 28.3 Å². The third kappa shape index (κ3) is 4.72. The van der Waals surface area contributed by atoms with Gasteiger partial charge in [-0.15, -0.1) is 11.3 Å². The van der Waals surface area contributed by atoms with E-state index >= 15 is 0 Å². The van der Waals surface area contributed by atoms with E-state index in [0.29, 0.717) is 0 Å². The number of rotatable bonds is 4. The van der Waals surface area contributed by atoms with Crippen LogP contribution in [-0.2, 0) is 0 Å². The minimum atomic E-state index is 0.966. The molecule has 0 unspecified atom stereocenters. The molecule has 0 spiro atoms. The van der Waals surface area contributed by atoms with Gasteiger partial charge in [0.2, 0.25) is 0 Å². The highest BCUT2D eigenvalue weighted by Gasteiger charge is 2.22. The number of fused-ring (bicyclic) bond motifs is 14. The maximum absolute atomic E-state index is 4.72. The molecule has 0 saturated carbocycles. The van der Waals surface area contributed by atoms with Gasteiger partial charge in [0.1, 0.15) is 0 Å². The molecule has 14 aromatic rings. The second-order valence-electron chi connectivity index (χ2n) is 16.2. The van der Waals surface area contributed by atoms with Crippen LogP contribution in [0.2, 0.25) is 0 Å². The summed E-state index contributed by atoms with van der Waals surface area (Å²) < 4.78 is 9.84. The minimum Gasteiger partial charge on any atom is -0.309 e. The van der Waals surface area contributed by atoms with Crippen molar-refractivity contribution in [1.82, 2.24) is 23.7 Å². The molecule has 0 aliphatic heterocycles. The highest BCUT2D eigenvalue weighted by atomic mass is 32.1. The van der Waals surface area contributed by atoms with E-state index in [9.17, 15) is 0 Å². The predicted octanol–water partition coefficient (Wildman–Crippen LogP) is 15.0. The number of thiophene rings is 1. The first-order valence-electron chi connectivity index (χ1n) is 21.0. The van der Waals surface area contributed by atoms with E-state index in [2.05, 4.69) is 195 Å². The predicted molar refractivity (Wildman–Crippen MR) is 261 cm³/mol. The van der Waals surface area contributed by atoms with Crippen LogP contribution in [0.4, 0.5) is 0 Å². The van der Waals surface area contributed by atoms with Gasteiger partial charge in [-0.1, -0.05) is 103 Å². The van der Waals surface area contributed by atoms with Crippen LogP contribution in [0.3, 0.4) is 0 Å². The zero-order valence-corrected chi connectivity index (χ0v) is 34.0. The zero-order chi connectivity index (χ0) is 40.5. The number of hydrogen-bond acceptors (Lipinski definition) is 3. The van der Waals surface area contributed by atoms with Gasteiger partial charge in [-0.3, -0.25) is 9.97 Å². The van der Waals surface area contributed by atoms with Crippen LogP contribution in [0, 0.1) is 0 Å². The molecular formula is C56H33N5S. The lowest BCUT2D eigenvalue weighted by Crippen LogP contribution is -1.98. The molecular weight excluding hydrogens is 775 g/mol. The van der Waals surface area contributed by atoms with Gasteiger partial charge in [0.25, 0.3) is 0 Å². The molecule has 0 amide bonds. The lowest BCUT2D eigenvalue weighted by atomic mass is 10.0. The van der Waals surface area contributed by atoms with Gasteiger partial charge >= 0.3 is 0 Å². The number of aromatic nitrogens is 5.